The van der Waals surface area contributed by atoms with Gasteiger partial charge in [0.15, 0.2) is 6.29 Å². The molecule has 0 aromatic carbocycles. The van der Waals surface area contributed by atoms with Crippen LogP contribution in [-0.4, -0.2) is 31.5 Å². The smallest absolute Gasteiger partial charge is 0.228 e. The Bertz CT molecular complexity index is 198. The van der Waals surface area contributed by atoms with Crippen molar-refractivity contribution in [1.82, 2.24) is 5.32 Å². The van der Waals surface area contributed by atoms with E-state index in [0.717, 1.165) is 6.42 Å². The van der Waals surface area contributed by atoms with E-state index in [1.165, 1.54) is 0 Å². The molecule has 1 N–H and O–H groups in total. The summed E-state index contributed by atoms with van der Waals surface area (Å²) in [6, 6.07) is 0.270. The molecule has 0 aliphatic carbocycles. The van der Waals surface area contributed by atoms with Crippen LogP contribution in [0.3, 0.4) is 0 Å². The number of carbonyl (C=O) groups is 1. The van der Waals surface area contributed by atoms with Crippen LogP contribution in [0.4, 0.5) is 0 Å². The van der Waals surface area contributed by atoms with Crippen LogP contribution in [-0.2, 0) is 14.3 Å². The Morgan fingerprint density at radius 3 is 2.92 bits per heavy atom. The molecule has 0 saturated carbocycles. The van der Waals surface area contributed by atoms with Crippen LogP contribution in [0.15, 0.2) is 0 Å². The Kier molecular flexibility index (Phi) is 1.81. The SMILES string of the molecule is CO[C@H]1C[C@@H]2NC(=O)[C@@H]2[C@H](C)O1. The predicted molar refractivity (Wildman–Crippen MR) is 41.4 cm³/mol. The molecule has 0 aromatic rings. The van der Waals surface area contributed by atoms with E-state index in [1.807, 2.05) is 6.92 Å². The first-order valence-corrected chi connectivity index (χ1v) is 4.21. The number of amides is 1. The van der Waals surface area contributed by atoms with Gasteiger partial charge >= 0.3 is 0 Å². The highest BCUT2D eigenvalue weighted by atomic mass is 16.7. The van der Waals surface area contributed by atoms with Gasteiger partial charge in [0.2, 0.25) is 5.91 Å². The van der Waals surface area contributed by atoms with Crippen molar-refractivity contribution in [1.29, 1.82) is 0 Å². The highest BCUT2D eigenvalue weighted by Crippen LogP contribution is 2.31. The Balaban J connectivity index is 2.01. The summed E-state index contributed by atoms with van der Waals surface area (Å²) in [5.41, 5.74) is 0. The number of methoxy groups -OCH3 is 1. The third-order valence-electron chi connectivity index (χ3n) is 2.65. The first-order chi connectivity index (χ1) is 5.72. The van der Waals surface area contributed by atoms with Gasteiger partial charge in [-0.2, -0.15) is 0 Å². The van der Waals surface area contributed by atoms with Crippen molar-refractivity contribution in [2.75, 3.05) is 7.11 Å². The second-order valence-electron chi connectivity index (χ2n) is 3.38. The van der Waals surface area contributed by atoms with Crippen molar-refractivity contribution in [3.8, 4) is 0 Å². The van der Waals surface area contributed by atoms with Crippen LogP contribution in [0.5, 0.6) is 0 Å². The number of hydrogen-bond acceptors (Lipinski definition) is 3. The molecule has 4 atom stereocenters. The molecule has 0 spiro atoms. The molecule has 2 rings (SSSR count). The zero-order chi connectivity index (χ0) is 8.72. The molecular formula is C8H13NO3. The quantitative estimate of drug-likeness (QED) is 0.560. The summed E-state index contributed by atoms with van der Waals surface area (Å²) in [6.45, 7) is 1.92. The first-order valence-electron chi connectivity index (χ1n) is 4.21. The summed E-state index contributed by atoms with van der Waals surface area (Å²) >= 11 is 0. The van der Waals surface area contributed by atoms with Crippen LogP contribution in [0.2, 0.25) is 0 Å². The van der Waals surface area contributed by atoms with Crippen LogP contribution >= 0.6 is 0 Å². The third-order valence-corrected chi connectivity index (χ3v) is 2.65. The van der Waals surface area contributed by atoms with Crippen molar-refractivity contribution >= 4 is 5.91 Å². The van der Waals surface area contributed by atoms with Gasteiger partial charge in [-0.15, -0.1) is 0 Å². The van der Waals surface area contributed by atoms with Gasteiger partial charge in [0, 0.05) is 19.6 Å². The number of carbonyl (C=O) groups excluding carboxylic acids is 1. The maximum absolute atomic E-state index is 11.0. The lowest BCUT2D eigenvalue weighted by Gasteiger charge is -2.46. The predicted octanol–water partition coefficient (Wildman–Crippen LogP) is -0.118. The minimum atomic E-state index is -0.151. The highest BCUT2D eigenvalue weighted by Gasteiger charge is 2.48. The Morgan fingerprint density at radius 2 is 2.42 bits per heavy atom. The first kappa shape index (κ1) is 8.01. The zero-order valence-corrected chi connectivity index (χ0v) is 7.24. The van der Waals surface area contributed by atoms with Gasteiger partial charge in [0.05, 0.1) is 12.0 Å². The van der Waals surface area contributed by atoms with E-state index in [4.69, 9.17) is 9.47 Å². The summed E-state index contributed by atoms with van der Waals surface area (Å²) in [5.74, 6) is 0.165. The monoisotopic (exact) mass is 171 g/mol. The van der Waals surface area contributed by atoms with Gasteiger partial charge < -0.3 is 14.8 Å². The lowest BCUT2D eigenvalue weighted by molar-refractivity contribution is -0.214. The van der Waals surface area contributed by atoms with Gasteiger partial charge in [0.1, 0.15) is 0 Å². The molecule has 2 fully saturated rings. The Labute approximate surface area is 71.2 Å². The Hall–Kier alpha value is -0.610. The van der Waals surface area contributed by atoms with E-state index in [-0.39, 0.29) is 30.3 Å². The fourth-order valence-corrected chi connectivity index (χ4v) is 1.94. The van der Waals surface area contributed by atoms with Crippen LogP contribution in [0, 0.1) is 5.92 Å². The molecule has 2 heterocycles. The molecule has 68 valence electrons. The highest BCUT2D eigenvalue weighted by molar-refractivity contribution is 5.86. The van der Waals surface area contributed by atoms with Gasteiger partial charge in [-0.1, -0.05) is 0 Å². The molecule has 2 aliphatic heterocycles. The summed E-state index contributed by atoms with van der Waals surface area (Å²) in [4.78, 5) is 11.0. The van der Waals surface area contributed by atoms with Crippen molar-refractivity contribution < 1.29 is 14.3 Å². The summed E-state index contributed by atoms with van der Waals surface area (Å²) in [5, 5.41) is 2.84. The number of nitrogens with one attached hydrogen (secondary N) is 1. The second-order valence-corrected chi connectivity index (χ2v) is 3.38. The van der Waals surface area contributed by atoms with Gasteiger partial charge in [-0.3, -0.25) is 4.79 Å². The molecule has 2 aliphatic rings. The Morgan fingerprint density at radius 1 is 1.67 bits per heavy atom. The maximum Gasteiger partial charge on any atom is 0.228 e. The summed E-state index contributed by atoms with van der Waals surface area (Å²) in [7, 11) is 1.62. The maximum atomic E-state index is 11.0. The minimum absolute atomic E-state index is 0.0116. The molecule has 0 radical (unpaired) electrons. The summed E-state index contributed by atoms with van der Waals surface area (Å²) < 4.78 is 10.5. The fraction of sp³-hybridized carbons (Fsp3) is 0.875. The average Bonchev–Trinajstić information content (AvgIpc) is 2.00. The van der Waals surface area contributed by atoms with Crippen molar-refractivity contribution in [2.45, 2.75) is 31.8 Å². The topological polar surface area (TPSA) is 47.6 Å². The summed E-state index contributed by atoms with van der Waals surface area (Å²) in [6.07, 6.45) is 0.612. The van der Waals surface area contributed by atoms with E-state index < -0.39 is 0 Å². The fourth-order valence-electron chi connectivity index (χ4n) is 1.94. The van der Waals surface area contributed by atoms with Gasteiger partial charge in [0.25, 0.3) is 0 Å². The number of fused-ring (bicyclic) bond motifs is 1. The zero-order valence-electron chi connectivity index (χ0n) is 7.24. The normalized spacial score (nSPS) is 46.0. The van der Waals surface area contributed by atoms with E-state index in [9.17, 15) is 4.79 Å². The van der Waals surface area contributed by atoms with E-state index in [2.05, 4.69) is 5.32 Å². The van der Waals surface area contributed by atoms with E-state index in [1.54, 1.807) is 7.11 Å². The minimum Gasteiger partial charge on any atom is -0.356 e. The lowest BCUT2D eigenvalue weighted by Crippen LogP contribution is -2.66. The van der Waals surface area contributed by atoms with Crippen LogP contribution < -0.4 is 5.32 Å². The van der Waals surface area contributed by atoms with Gasteiger partial charge in [-0.25, -0.2) is 0 Å². The second kappa shape index (κ2) is 2.71. The van der Waals surface area contributed by atoms with Crippen molar-refractivity contribution in [2.24, 2.45) is 5.92 Å². The lowest BCUT2D eigenvalue weighted by atomic mass is 9.82. The van der Waals surface area contributed by atoms with Crippen LogP contribution in [0.25, 0.3) is 0 Å². The molecule has 4 heteroatoms. The number of ether oxygens (including phenoxy) is 2. The number of hydrogen-bond donors (Lipinski definition) is 1. The van der Waals surface area contributed by atoms with E-state index in [0.29, 0.717) is 0 Å². The van der Waals surface area contributed by atoms with E-state index >= 15 is 0 Å². The molecule has 12 heavy (non-hydrogen) atoms. The molecule has 1 amide bonds. The standard InChI is InChI=1S/C8H13NO3/c1-4-7-5(9-8(7)10)3-6(11-2)12-4/h4-7H,3H2,1-2H3,(H,9,10)/t4-,5-,6+,7+/m0/s1. The van der Waals surface area contributed by atoms with Gasteiger partial charge in [-0.05, 0) is 6.92 Å². The molecule has 0 aromatic heterocycles. The van der Waals surface area contributed by atoms with Crippen molar-refractivity contribution in [3.63, 3.8) is 0 Å². The van der Waals surface area contributed by atoms with Crippen LogP contribution in [0.1, 0.15) is 13.3 Å². The molecule has 2 saturated heterocycles. The van der Waals surface area contributed by atoms with Crippen molar-refractivity contribution in [3.05, 3.63) is 0 Å². The number of rotatable bonds is 1. The largest absolute Gasteiger partial charge is 0.356 e. The average molecular weight is 171 g/mol. The molecular weight excluding hydrogens is 158 g/mol. The number of β-lactam (4-membered cyclic amide) rings is 1. The molecule has 0 unspecified atom stereocenters. The third kappa shape index (κ3) is 1.03. The molecule has 0 bridgehead atoms. The molecule has 4 nitrogen and oxygen atoms in total.